The monoisotopic (exact) mass is 361 g/mol. The second-order valence-electron chi connectivity index (χ2n) is 6.55. The van der Waals surface area contributed by atoms with Gasteiger partial charge in [0.1, 0.15) is 0 Å². The predicted molar refractivity (Wildman–Crippen MR) is 108 cm³/mol. The topological polar surface area (TPSA) is 23.6 Å². The SMILES string of the molecule is O=[C]c1ccc(N2CCN(Cc3ccccc3-c3cccs3)CC2)cc1. The van der Waals surface area contributed by atoms with Crippen molar-refractivity contribution in [3.05, 3.63) is 77.2 Å². The standard InChI is InChI=1S/C22H21N2OS/c25-17-18-7-9-20(10-8-18)24-13-11-23(12-14-24)16-19-4-1-2-5-21(19)22-6-3-15-26-22/h1-10,15H,11-14,16H2. The van der Waals surface area contributed by atoms with Crippen LogP contribution in [0.2, 0.25) is 0 Å². The van der Waals surface area contributed by atoms with Crippen molar-refractivity contribution in [3.63, 3.8) is 0 Å². The minimum absolute atomic E-state index is 0.609. The lowest BCUT2D eigenvalue weighted by Crippen LogP contribution is -2.46. The molecule has 0 atom stereocenters. The number of benzene rings is 2. The molecule has 3 nitrogen and oxygen atoms in total. The summed E-state index contributed by atoms with van der Waals surface area (Å²) in [5, 5.41) is 2.14. The molecule has 1 fully saturated rings. The lowest BCUT2D eigenvalue weighted by molar-refractivity contribution is 0.250. The quantitative estimate of drug-likeness (QED) is 0.681. The Morgan fingerprint density at radius 1 is 0.885 bits per heavy atom. The predicted octanol–water partition coefficient (Wildman–Crippen LogP) is 4.20. The number of hydrogen-bond donors (Lipinski definition) is 0. The molecule has 26 heavy (non-hydrogen) atoms. The Hall–Kier alpha value is -2.43. The molecule has 0 bridgehead atoms. The summed E-state index contributed by atoms with van der Waals surface area (Å²) >= 11 is 1.80. The van der Waals surface area contributed by atoms with Crippen molar-refractivity contribution < 1.29 is 4.79 Å². The highest BCUT2D eigenvalue weighted by molar-refractivity contribution is 7.13. The third kappa shape index (κ3) is 3.71. The fourth-order valence-corrected chi connectivity index (χ4v) is 4.26. The van der Waals surface area contributed by atoms with Gasteiger partial charge in [-0.3, -0.25) is 9.69 Å². The first-order valence-corrected chi connectivity index (χ1v) is 9.79. The number of hydrogen-bond acceptors (Lipinski definition) is 4. The molecule has 0 saturated carbocycles. The number of thiophene rings is 1. The molecular formula is C22H21N2OS. The van der Waals surface area contributed by atoms with Crippen molar-refractivity contribution in [3.8, 4) is 10.4 Å². The first-order valence-electron chi connectivity index (χ1n) is 8.91. The maximum absolute atomic E-state index is 10.7. The summed E-state index contributed by atoms with van der Waals surface area (Å²) < 4.78 is 0. The van der Waals surface area contributed by atoms with Crippen LogP contribution in [0, 0.1) is 0 Å². The molecule has 0 aliphatic carbocycles. The van der Waals surface area contributed by atoms with E-state index in [4.69, 9.17) is 0 Å². The second-order valence-corrected chi connectivity index (χ2v) is 7.49. The zero-order valence-electron chi connectivity index (χ0n) is 14.6. The van der Waals surface area contributed by atoms with E-state index in [-0.39, 0.29) is 0 Å². The molecule has 1 radical (unpaired) electrons. The molecule has 1 saturated heterocycles. The van der Waals surface area contributed by atoms with Crippen LogP contribution in [-0.2, 0) is 11.3 Å². The van der Waals surface area contributed by atoms with E-state index < -0.39 is 0 Å². The second kappa shape index (κ2) is 7.85. The van der Waals surface area contributed by atoms with Crippen LogP contribution in [0.1, 0.15) is 11.1 Å². The molecule has 2 aromatic carbocycles. The maximum Gasteiger partial charge on any atom is 0.233 e. The van der Waals surface area contributed by atoms with Gasteiger partial charge in [-0.15, -0.1) is 11.3 Å². The van der Waals surface area contributed by atoms with Gasteiger partial charge in [0.15, 0.2) is 0 Å². The average Bonchev–Trinajstić information content (AvgIpc) is 3.24. The number of piperazine rings is 1. The highest BCUT2D eigenvalue weighted by Gasteiger charge is 2.18. The van der Waals surface area contributed by atoms with Crippen LogP contribution in [0.5, 0.6) is 0 Å². The normalized spacial score (nSPS) is 15.2. The van der Waals surface area contributed by atoms with Crippen molar-refractivity contribution in [2.45, 2.75) is 6.54 Å². The maximum atomic E-state index is 10.7. The lowest BCUT2D eigenvalue weighted by atomic mass is 10.1. The van der Waals surface area contributed by atoms with Crippen LogP contribution >= 0.6 is 11.3 Å². The van der Waals surface area contributed by atoms with Crippen molar-refractivity contribution in [1.29, 1.82) is 0 Å². The molecule has 0 spiro atoms. The fourth-order valence-electron chi connectivity index (χ4n) is 3.48. The molecular weight excluding hydrogens is 340 g/mol. The zero-order chi connectivity index (χ0) is 17.8. The molecule has 1 aliphatic rings. The Labute approximate surface area is 158 Å². The number of carbonyl (C=O) groups excluding carboxylic acids is 1. The number of anilines is 1. The summed E-state index contributed by atoms with van der Waals surface area (Å²) in [4.78, 5) is 16.9. The Morgan fingerprint density at radius 2 is 1.65 bits per heavy atom. The van der Waals surface area contributed by atoms with E-state index in [1.165, 1.54) is 21.7 Å². The van der Waals surface area contributed by atoms with Crippen molar-refractivity contribution in [2.75, 3.05) is 31.1 Å². The van der Waals surface area contributed by atoms with Gasteiger partial charge in [-0.1, -0.05) is 30.3 Å². The van der Waals surface area contributed by atoms with Crippen molar-refractivity contribution >= 4 is 23.3 Å². The molecule has 131 valence electrons. The van der Waals surface area contributed by atoms with Gasteiger partial charge < -0.3 is 4.90 Å². The van der Waals surface area contributed by atoms with Crippen LogP contribution in [0.25, 0.3) is 10.4 Å². The Kier molecular flexibility index (Phi) is 5.14. The number of rotatable bonds is 5. The van der Waals surface area contributed by atoms with Crippen LogP contribution in [0.4, 0.5) is 5.69 Å². The Balaban J connectivity index is 1.41. The highest BCUT2D eigenvalue weighted by Crippen LogP contribution is 2.29. The molecule has 0 unspecified atom stereocenters. The smallest absolute Gasteiger partial charge is 0.233 e. The van der Waals surface area contributed by atoms with Crippen LogP contribution in [0.3, 0.4) is 0 Å². The third-order valence-corrected chi connectivity index (χ3v) is 5.82. The van der Waals surface area contributed by atoms with Crippen LogP contribution in [0.15, 0.2) is 66.0 Å². The molecule has 0 amide bonds. The van der Waals surface area contributed by atoms with Gasteiger partial charge in [-0.25, -0.2) is 0 Å². The van der Waals surface area contributed by atoms with E-state index in [0.29, 0.717) is 5.56 Å². The Bertz CT molecular complexity index is 850. The van der Waals surface area contributed by atoms with Crippen molar-refractivity contribution in [2.24, 2.45) is 0 Å². The third-order valence-electron chi connectivity index (χ3n) is 4.92. The highest BCUT2D eigenvalue weighted by atomic mass is 32.1. The van der Waals surface area contributed by atoms with Crippen LogP contribution < -0.4 is 4.90 Å². The molecule has 2 heterocycles. The lowest BCUT2D eigenvalue weighted by Gasteiger charge is -2.36. The molecule has 1 aromatic heterocycles. The first-order chi connectivity index (χ1) is 12.8. The Morgan fingerprint density at radius 3 is 2.35 bits per heavy atom. The van der Waals surface area contributed by atoms with Gasteiger partial charge in [0.05, 0.1) is 0 Å². The molecule has 4 heteroatoms. The van der Waals surface area contributed by atoms with E-state index in [9.17, 15) is 4.79 Å². The van der Waals surface area contributed by atoms with Gasteiger partial charge in [-0.2, -0.15) is 0 Å². The van der Waals surface area contributed by atoms with Gasteiger partial charge in [-0.05, 0) is 46.8 Å². The molecule has 4 rings (SSSR count). The zero-order valence-corrected chi connectivity index (χ0v) is 15.4. The molecule has 0 N–H and O–H groups in total. The van der Waals surface area contributed by atoms with Gasteiger partial charge >= 0.3 is 0 Å². The summed E-state index contributed by atoms with van der Waals surface area (Å²) in [6, 6.07) is 20.7. The summed E-state index contributed by atoms with van der Waals surface area (Å²) in [5.41, 5.74) is 4.54. The summed E-state index contributed by atoms with van der Waals surface area (Å²) in [7, 11) is 0. The van der Waals surface area contributed by atoms with Crippen molar-refractivity contribution in [1.82, 2.24) is 4.90 Å². The first kappa shape index (κ1) is 17.0. The molecule has 1 aliphatic heterocycles. The van der Waals surface area contributed by atoms with E-state index in [2.05, 4.69) is 51.6 Å². The summed E-state index contributed by atoms with van der Waals surface area (Å²) in [6.45, 7) is 5.08. The van der Waals surface area contributed by atoms with E-state index >= 15 is 0 Å². The minimum Gasteiger partial charge on any atom is -0.369 e. The largest absolute Gasteiger partial charge is 0.369 e. The summed E-state index contributed by atoms with van der Waals surface area (Å²) in [5.74, 6) is 0. The average molecular weight is 361 g/mol. The summed E-state index contributed by atoms with van der Waals surface area (Å²) in [6.07, 6.45) is 1.93. The van der Waals surface area contributed by atoms with Gasteiger partial charge in [0, 0.05) is 48.9 Å². The van der Waals surface area contributed by atoms with E-state index in [1.807, 2.05) is 30.6 Å². The van der Waals surface area contributed by atoms with Crippen LogP contribution in [-0.4, -0.2) is 37.4 Å². The van der Waals surface area contributed by atoms with Gasteiger partial charge in [0.2, 0.25) is 6.29 Å². The van der Waals surface area contributed by atoms with E-state index in [0.717, 1.165) is 32.7 Å². The van der Waals surface area contributed by atoms with Gasteiger partial charge in [0.25, 0.3) is 0 Å². The minimum atomic E-state index is 0.609. The fraction of sp³-hybridized carbons (Fsp3) is 0.227. The number of nitrogens with zero attached hydrogens (tertiary/aromatic N) is 2. The molecule has 3 aromatic rings. The van der Waals surface area contributed by atoms with E-state index in [1.54, 1.807) is 11.3 Å².